The summed E-state index contributed by atoms with van der Waals surface area (Å²) in [5.74, 6) is 0. The molecule has 0 unspecified atom stereocenters. The second kappa shape index (κ2) is 46.2. The Bertz CT molecular complexity index is 10.8. The Morgan fingerprint density at radius 3 is 1.20 bits per heavy atom. The molecule has 3 nitrogen and oxygen atoms in total. The first-order valence-corrected chi connectivity index (χ1v) is 1.79. The van der Waals surface area contributed by atoms with Gasteiger partial charge in [0.25, 0.3) is 0 Å². The molecule has 0 spiro atoms. The molecule has 0 saturated carbocycles. The van der Waals surface area contributed by atoms with E-state index in [9.17, 15) is 0 Å². The topological polar surface area (TPSA) is 80.1 Å². The molecule has 0 radical (unpaired) electrons. The SMILES string of the molecule is O.O.[H-].[Na+].[O]=[BiH]. The zero-order chi connectivity index (χ0) is 2.00. The molecule has 4 N–H and O–H groups in total. The minimum atomic E-state index is 0. The molecule has 0 aromatic carbocycles. The molecule has 0 aliphatic carbocycles. The Hall–Kier alpha value is 1.60. The monoisotopic (exact) mass is 286 g/mol. The molecule has 0 aromatic rings. The molecule has 0 aromatic heterocycles. The predicted molar refractivity (Wildman–Crippen MR) is 16.2 cm³/mol. The van der Waals surface area contributed by atoms with E-state index in [2.05, 4.69) is 0 Å². The first-order chi connectivity index (χ1) is 1.00. The molecule has 0 rings (SSSR count). The summed E-state index contributed by atoms with van der Waals surface area (Å²) in [5, 5.41) is 0. The van der Waals surface area contributed by atoms with Gasteiger partial charge in [0, 0.05) is 0 Å². The summed E-state index contributed by atoms with van der Waals surface area (Å²) in [6, 6.07) is 0. The molecule has 30 valence electrons. The summed E-state index contributed by atoms with van der Waals surface area (Å²) in [7, 11) is 0. The Balaban J connectivity index is -0.000000000833. The van der Waals surface area contributed by atoms with Crippen LogP contribution in [-0.4, -0.2) is 35.7 Å². The molecule has 5 heteroatoms. The van der Waals surface area contributed by atoms with Gasteiger partial charge in [0.1, 0.15) is 0 Å². The Morgan fingerprint density at radius 1 is 1.20 bits per heavy atom. The van der Waals surface area contributed by atoms with Crippen LogP contribution < -0.4 is 29.6 Å². The molecule has 0 amide bonds. The zero-order valence-electron chi connectivity index (χ0n) is 3.91. The molecule has 5 heavy (non-hydrogen) atoms. The van der Waals surface area contributed by atoms with Crippen molar-refractivity contribution in [3.05, 3.63) is 0 Å². The molecule has 0 heterocycles. The molecule has 0 saturated heterocycles. The average molecular weight is 286 g/mol. The van der Waals surface area contributed by atoms with Crippen molar-refractivity contribution < 1.29 is 44.7 Å². The van der Waals surface area contributed by atoms with Gasteiger partial charge in [-0.3, -0.25) is 0 Å². The van der Waals surface area contributed by atoms with Crippen LogP contribution in [0.1, 0.15) is 1.43 Å². The van der Waals surface area contributed by atoms with E-state index in [0.29, 0.717) is 0 Å². The molecule has 0 fully saturated rings. The van der Waals surface area contributed by atoms with Crippen molar-refractivity contribution in [3.63, 3.8) is 0 Å². The van der Waals surface area contributed by atoms with Gasteiger partial charge in [-0.2, -0.15) is 0 Å². The standard InChI is InChI=1S/Bi.Na.2H2O.O.2H/h;;2*1H2;;;/q;+1;;;;;-1. The normalized spacial score (nSPS) is 0.800. The molecular weight excluding hydrogens is 280 g/mol. The fourth-order valence-corrected chi connectivity index (χ4v) is 0. The van der Waals surface area contributed by atoms with Gasteiger partial charge in [-0.05, 0) is 0 Å². The maximum absolute atomic E-state index is 8.39. The fourth-order valence-electron chi connectivity index (χ4n) is 0. The minimum absolute atomic E-state index is 0. The van der Waals surface area contributed by atoms with Crippen LogP contribution in [0.2, 0.25) is 0 Å². The number of hydrogen-bond donors (Lipinski definition) is 0. The number of hydrogen-bond acceptors (Lipinski definition) is 1. The van der Waals surface area contributed by atoms with Gasteiger partial charge in [-0.15, -0.1) is 0 Å². The Labute approximate surface area is 68.8 Å². The second-order valence-corrected chi connectivity index (χ2v) is 0. The van der Waals surface area contributed by atoms with Crippen molar-refractivity contribution in [2.75, 3.05) is 0 Å². The van der Waals surface area contributed by atoms with Crippen molar-refractivity contribution in [3.8, 4) is 0 Å². The second-order valence-electron chi connectivity index (χ2n) is 0. The molecule has 0 aliphatic heterocycles. The van der Waals surface area contributed by atoms with Crippen LogP contribution in [0.5, 0.6) is 0 Å². The quantitative estimate of drug-likeness (QED) is 0.410. The zero-order valence-corrected chi connectivity index (χ0v) is 8.80. The summed E-state index contributed by atoms with van der Waals surface area (Å²) >= 11 is 0.0556. The average Bonchev–Trinajstić information content (AvgIpc) is 1.00. The van der Waals surface area contributed by atoms with E-state index in [4.69, 9.17) is 2.81 Å². The molecule has 0 bridgehead atoms. The van der Waals surface area contributed by atoms with E-state index in [1.165, 1.54) is 0 Å². The van der Waals surface area contributed by atoms with Gasteiger partial charge >= 0.3 is 57.1 Å². The van der Waals surface area contributed by atoms with Crippen LogP contribution in [0.25, 0.3) is 0 Å². The van der Waals surface area contributed by atoms with Crippen molar-refractivity contribution in [1.82, 2.24) is 0 Å². The third kappa shape index (κ3) is 28.3. The summed E-state index contributed by atoms with van der Waals surface area (Å²) in [4.78, 5) is 0. The predicted octanol–water partition coefficient (Wildman–Crippen LogP) is -5.30. The van der Waals surface area contributed by atoms with Crippen LogP contribution in [-0.2, 0) is 2.81 Å². The van der Waals surface area contributed by atoms with E-state index in [0.717, 1.165) is 0 Å². The Kier molecular flexibility index (Phi) is 283. The van der Waals surface area contributed by atoms with Gasteiger partial charge in [0.15, 0.2) is 0 Å². The molecule has 0 atom stereocenters. The molecular formula is H6BiNaO3. The van der Waals surface area contributed by atoms with E-state index in [1.54, 1.807) is 0 Å². The van der Waals surface area contributed by atoms with Crippen molar-refractivity contribution >= 4 is 24.7 Å². The molecule has 0 aliphatic rings. The fraction of sp³-hybridized carbons (Fsp3) is 0. The first-order valence-electron chi connectivity index (χ1n) is 0.204. The van der Waals surface area contributed by atoms with Crippen LogP contribution in [0.4, 0.5) is 0 Å². The third-order valence-corrected chi connectivity index (χ3v) is 0. The van der Waals surface area contributed by atoms with Gasteiger partial charge in [0.2, 0.25) is 0 Å². The van der Waals surface area contributed by atoms with Crippen molar-refractivity contribution in [2.24, 2.45) is 0 Å². The maximum atomic E-state index is 8.39. The van der Waals surface area contributed by atoms with Crippen LogP contribution in [0, 0.1) is 0 Å². The van der Waals surface area contributed by atoms with Crippen LogP contribution in [0.15, 0.2) is 0 Å². The third-order valence-electron chi connectivity index (χ3n) is 0. The van der Waals surface area contributed by atoms with Gasteiger partial charge < -0.3 is 12.4 Å². The van der Waals surface area contributed by atoms with Crippen molar-refractivity contribution in [1.29, 1.82) is 0 Å². The summed E-state index contributed by atoms with van der Waals surface area (Å²) in [5.41, 5.74) is 0. The summed E-state index contributed by atoms with van der Waals surface area (Å²) in [6.45, 7) is 0. The van der Waals surface area contributed by atoms with Crippen LogP contribution in [0.3, 0.4) is 0 Å². The van der Waals surface area contributed by atoms with E-state index >= 15 is 0 Å². The summed E-state index contributed by atoms with van der Waals surface area (Å²) < 4.78 is 8.39. The first kappa shape index (κ1) is 30.6. The van der Waals surface area contributed by atoms with E-state index in [-0.39, 0.29) is 66.7 Å². The van der Waals surface area contributed by atoms with Gasteiger partial charge in [-0.1, -0.05) is 0 Å². The van der Waals surface area contributed by atoms with Crippen molar-refractivity contribution in [2.45, 2.75) is 0 Å². The Morgan fingerprint density at radius 2 is 1.20 bits per heavy atom. The van der Waals surface area contributed by atoms with Gasteiger partial charge in [0.05, 0.1) is 0 Å². The number of rotatable bonds is 0. The van der Waals surface area contributed by atoms with Gasteiger partial charge in [-0.25, -0.2) is 0 Å². The van der Waals surface area contributed by atoms with E-state index in [1.807, 2.05) is 0 Å². The van der Waals surface area contributed by atoms with Crippen LogP contribution >= 0.6 is 0 Å². The van der Waals surface area contributed by atoms with E-state index < -0.39 is 0 Å². The summed E-state index contributed by atoms with van der Waals surface area (Å²) in [6.07, 6.45) is 0.